The van der Waals surface area contributed by atoms with Gasteiger partial charge in [0.15, 0.2) is 0 Å². The van der Waals surface area contributed by atoms with Gasteiger partial charge in [-0.1, -0.05) is 0 Å². The Labute approximate surface area is 122 Å². The molecule has 1 amide bonds. The maximum Gasteiger partial charge on any atom is 0.245 e. The number of hydrogen-bond donors (Lipinski definition) is 3. The third-order valence-electron chi connectivity index (χ3n) is 3.84. The van der Waals surface area contributed by atoms with Crippen molar-refractivity contribution in [1.82, 2.24) is 9.29 Å². The zero-order valence-corrected chi connectivity index (χ0v) is 12.1. The molecule has 1 unspecified atom stereocenters. The first kappa shape index (κ1) is 13.9. The summed E-state index contributed by atoms with van der Waals surface area (Å²) in [5, 5.41) is 0.553. The predicted octanol–water partition coefficient (Wildman–Crippen LogP) is 0.246. The molecule has 1 atom stereocenters. The fraction of sp³-hybridized carbons (Fsp3) is 0.308. The lowest BCUT2D eigenvalue weighted by atomic mass is 10.1. The van der Waals surface area contributed by atoms with E-state index in [4.69, 9.17) is 11.5 Å². The molecule has 0 spiro atoms. The van der Waals surface area contributed by atoms with Crippen LogP contribution in [0.25, 0.3) is 10.9 Å². The minimum atomic E-state index is -3.67. The molecule has 3 rings (SSSR count). The molecule has 0 radical (unpaired) electrons. The Hall–Kier alpha value is -2.06. The molecule has 1 aromatic carbocycles. The van der Waals surface area contributed by atoms with Gasteiger partial charge in [-0.15, -0.1) is 0 Å². The van der Waals surface area contributed by atoms with Crippen LogP contribution < -0.4 is 11.5 Å². The minimum absolute atomic E-state index is 0.132. The number of rotatable bonds is 3. The Bertz CT molecular complexity index is 812. The molecule has 21 heavy (non-hydrogen) atoms. The maximum atomic E-state index is 12.7. The van der Waals surface area contributed by atoms with Gasteiger partial charge < -0.3 is 16.5 Å². The number of nitrogen functional groups attached to an aromatic ring is 1. The van der Waals surface area contributed by atoms with Gasteiger partial charge in [0.1, 0.15) is 4.90 Å². The number of benzene rings is 1. The lowest BCUT2D eigenvalue weighted by Gasteiger charge is -2.15. The van der Waals surface area contributed by atoms with E-state index < -0.39 is 21.8 Å². The lowest BCUT2D eigenvalue weighted by Crippen LogP contribution is -2.31. The van der Waals surface area contributed by atoms with Crippen LogP contribution in [0.2, 0.25) is 0 Å². The van der Waals surface area contributed by atoms with Crippen LogP contribution in [0.4, 0.5) is 5.69 Å². The van der Waals surface area contributed by atoms with E-state index >= 15 is 0 Å². The molecule has 112 valence electrons. The Balaban J connectivity index is 2.01. The highest BCUT2D eigenvalue weighted by molar-refractivity contribution is 7.89. The number of hydrogen-bond acceptors (Lipinski definition) is 4. The molecular formula is C13H16N4O3S. The van der Waals surface area contributed by atoms with Crippen molar-refractivity contribution in [1.29, 1.82) is 0 Å². The number of nitrogens with zero attached hydrogens (tertiary/aromatic N) is 1. The fourth-order valence-corrected chi connectivity index (χ4v) is 4.30. The SMILES string of the molecule is NC(=O)C1CCN(S(=O)(=O)c2c[nH]c3ccc(N)cc23)C1. The lowest BCUT2D eigenvalue weighted by molar-refractivity contribution is -0.121. The fourth-order valence-electron chi connectivity index (χ4n) is 2.64. The number of sulfonamides is 1. The van der Waals surface area contributed by atoms with Crippen molar-refractivity contribution in [3.63, 3.8) is 0 Å². The number of nitrogens with one attached hydrogen (secondary N) is 1. The smallest absolute Gasteiger partial charge is 0.245 e. The molecule has 1 saturated heterocycles. The largest absolute Gasteiger partial charge is 0.399 e. The molecule has 1 aromatic heterocycles. The topological polar surface area (TPSA) is 122 Å². The van der Waals surface area contributed by atoms with E-state index in [1.165, 1.54) is 10.5 Å². The highest BCUT2D eigenvalue weighted by Gasteiger charge is 2.36. The van der Waals surface area contributed by atoms with Gasteiger partial charge in [-0.05, 0) is 24.6 Å². The molecule has 1 aliphatic heterocycles. The van der Waals surface area contributed by atoms with Gasteiger partial charge in [-0.25, -0.2) is 8.42 Å². The molecule has 0 bridgehead atoms. The van der Waals surface area contributed by atoms with Gasteiger partial charge in [0.25, 0.3) is 0 Å². The summed E-state index contributed by atoms with van der Waals surface area (Å²) in [6.07, 6.45) is 1.91. The van der Waals surface area contributed by atoms with Crippen LogP contribution in [0, 0.1) is 5.92 Å². The number of carbonyl (C=O) groups is 1. The Kier molecular flexibility index (Phi) is 3.14. The van der Waals surface area contributed by atoms with Crippen molar-refractivity contribution < 1.29 is 13.2 Å². The number of H-pyrrole nitrogens is 1. The van der Waals surface area contributed by atoms with Gasteiger partial charge in [0.05, 0.1) is 5.92 Å². The van der Waals surface area contributed by atoms with Crippen LogP contribution in [0.1, 0.15) is 6.42 Å². The average molecular weight is 308 g/mol. The summed E-state index contributed by atoms with van der Waals surface area (Å²) in [5.41, 5.74) is 12.2. The summed E-state index contributed by atoms with van der Waals surface area (Å²) in [5.74, 6) is -0.883. The number of nitrogens with two attached hydrogens (primary N) is 2. The third-order valence-corrected chi connectivity index (χ3v) is 5.74. The number of carbonyl (C=O) groups excluding carboxylic acids is 1. The molecule has 2 heterocycles. The molecule has 1 fully saturated rings. The average Bonchev–Trinajstić information content (AvgIpc) is 3.05. The minimum Gasteiger partial charge on any atom is -0.399 e. The summed E-state index contributed by atoms with van der Waals surface area (Å²) in [6, 6.07) is 5.06. The third kappa shape index (κ3) is 2.26. The van der Waals surface area contributed by atoms with E-state index in [0.717, 1.165) is 0 Å². The van der Waals surface area contributed by atoms with Crippen LogP contribution in [0.15, 0.2) is 29.3 Å². The zero-order valence-electron chi connectivity index (χ0n) is 11.2. The van der Waals surface area contributed by atoms with Crippen LogP contribution in [0.3, 0.4) is 0 Å². The summed E-state index contributed by atoms with van der Waals surface area (Å²) in [4.78, 5) is 14.3. The van der Waals surface area contributed by atoms with E-state index in [-0.39, 0.29) is 11.4 Å². The molecule has 0 aliphatic carbocycles. The Morgan fingerprint density at radius 1 is 1.38 bits per heavy atom. The van der Waals surface area contributed by atoms with E-state index in [9.17, 15) is 13.2 Å². The van der Waals surface area contributed by atoms with Crippen molar-refractivity contribution in [2.24, 2.45) is 11.7 Å². The molecular weight excluding hydrogens is 292 g/mol. The standard InChI is InChI=1S/C13H16N4O3S/c14-9-1-2-11-10(5-9)12(6-16-11)21(19,20)17-4-3-8(7-17)13(15)18/h1-2,5-6,8,16H,3-4,7,14H2,(H2,15,18). The van der Waals surface area contributed by atoms with Crippen molar-refractivity contribution in [3.8, 4) is 0 Å². The highest BCUT2D eigenvalue weighted by Crippen LogP contribution is 2.30. The number of fused-ring (bicyclic) bond motifs is 1. The van der Waals surface area contributed by atoms with Crippen molar-refractivity contribution in [3.05, 3.63) is 24.4 Å². The molecule has 2 aromatic rings. The van der Waals surface area contributed by atoms with Crippen LogP contribution in [0.5, 0.6) is 0 Å². The first-order valence-electron chi connectivity index (χ1n) is 6.55. The van der Waals surface area contributed by atoms with Crippen molar-refractivity contribution in [2.45, 2.75) is 11.3 Å². The normalized spacial score (nSPS) is 20.1. The van der Waals surface area contributed by atoms with Crippen LogP contribution in [-0.2, 0) is 14.8 Å². The molecule has 7 nitrogen and oxygen atoms in total. The summed E-state index contributed by atoms with van der Waals surface area (Å²) in [6.45, 7) is 0.428. The number of anilines is 1. The van der Waals surface area contributed by atoms with E-state index in [2.05, 4.69) is 4.98 Å². The summed E-state index contributed by atoms with van der Waals surface area (Å²) < 4.78 is 26.7. The quantitative estimate of drug-likeness (QED) is 0.703. The number of aromatic amines is 1. The number of primary amides is 1. The van der Waals surface area contributed by atoms with Gasteiger partial charge in [0.2, 0.25) is 15.9 Å². The molecule has 0 saturated carbocycles. The van der Waals surface area contributed by atoms with Crippen molar-refractivity contribution >= 4 is 32.5 Å². The van der Waals surface area contributed by atoms with Crippen LogP contribution >= 0.6 is 0 Å². The monoisotopic (exact) mass is 308 g/mol. The van der Waals surface area contributed by atoms with Gasteiger partial charge in [0, 0.05) is 35.9 Å². The number of aromatic nitrogens is 1. The first-order valence-corrected chi connectivity index (χ1v) is 7.99. The Morgan fingerprint density at radius 3 is 2.81 bits per heavy atom. The molecule has 5 N–H and O–H groups in total. The summed E-state index contributed by atoms with van der Waals surface area (Å²) in [7, 11) is -3.67. The molecule has 1 aliphatic rings. The van der Waals surface area contributed by atoms with E-state index in [0.29, 0.717) is 29.6 Å². The van der Waals surface area contributed by atoms with Gasteiger partial charge in [-0.3, -0.25) is 4.79 Å². The summed E-state index contributed by atoms with van der Waals surface area (Å²) >= 11 is 0. The van der Waals surface area contributed by atoms with E-state index in [1.807, 2.05) is 0 Å². The van der Waals surface area contributed by atoms with Gasteiger partial charge >= 0.3 is 0 Å². The maximum absolute atomic E-state index is 12.7. The first-order chi connectivity index (χ1) is 9.89. The Morgan fingerprint density at radius 2 is 2.14 bits per heavy atom. The molecule has 8 heteroatoms. The van der Waals surface area contributed by atoms with E-state index in [1.54, 1.807) is 18.2 Å². The second-order valence-corrected chi connectivity index (χ2v) is 7.12. The zero-order chi connectivity index (χ0) is 15.2. The van der Waals surface area contributed by atoms with Crippen molar-refractivity contribution in [2.75, 3.05) is 18.8 Å². The number of amides is 1. The van der Waals surface area contributed by atoms with Gasteiger partial charge in [-0.2, -0.15) is 4.31 Å². The second kappa shape index (κ2) is 4.74. The highest BCUT2D eigenvalue weighted by atomic mass is 32.2. The predicted molar refractivity (Wildman–Crippen MR) is 78.8 cm³/mol. The van der Waals surface area contributed by atoms with Crippen LogP contribution in [-0.4, -0.2) is 36.7 Å². The second-order valence-electron chi connectivity index (χ2n) is 5.21.